The number of hydrogen-bond donors (Lipinski definition) is 0. The molecule has 1 aromatic heterocycles. The third kappa shape index (κ3) is 3.32. The number of hydrogen-bond acceptors (Lipinski definition) is 2. The molecule has 35 heavy (non-hydrogen) atoms. The van der Waals surface area contributed by atoms with E-state index in [2.05, 4.69) is 128 Å². The van der Waals surface area contributed by atoms with E-state index in [4.69, 9.17) is 0 Å². The molecule has 0 radical (unpaired) electrons. The van der Waals surface area contributed by atoms with Gasteiger partial charge in [0.05, 0.1) is 17.9 Å². The minimum Gasteiger partial charge on any atom is -0.339 e. The lowest BCUT2D eigenvalue weighted by atomic mass is 10.2. The van der Waals surface area contributed by atoms with Gasteiger partial charge in [-0.2, -0.15) is 0 Å². The van der Waals surface area contributed by atoms with E-state index >= 15 is 0 Å². The van der Waals surface area contributed by atoms with Gasteiger partial charge < -0.3 is 9.80 Å². The molecule has 0 spiro atoms. The van der Waals surface area contributed by atoms with Crippen molar-refractivity contribution in [1.29, 1.82) is 0 Å². The van der Waals surface area contributed by atoms with E-state index in [0.717, 1.165) is 32.6 Å². The maximum Gasteiger partial charge on any atom is 0.302 e. The van der Waals surface area contributed by atoms with E-state index in [-0.39, 0.29) is 6.17 Å². The molecule has 4 nitrogen and oxygen atoms in total. The fraction of sp³-hybridized carbons (Fsp3) is 0.194. The van der Waals surface area contributed by atoms with E-state index in [1.807, 2.05) is 0 Å². The van der Waals surface area contributed by atoms with Crippen LogP contribution in [0.1, 0.15) is 29.5 Å². The number of fused-ring (bicyclic) bond motifs is 7. The highest BCUT2D eigenvalue weighted by Gasteiger charge is 2.46. The first-order chi connectivity index (χ1) is 17.4. The summed E-state index contributed by atoms with van der Waals surface area (Å²) in [6.45, 7) is 3.83. The quantitative estimate of drug-likeness (QED) is 0.312. The van der Waals surface area contributed by atoms with Crippen LogP contribution in [0.2, 0.25) is 0 Å². The van der Waals surface area contributed by atoms with E-state index in [9.17, 15) is 0 Å². The average Bonchev–Trinajstić information content (AvgIpc) is 3.28. The van der Waals surface area contributed by atoms with Crippen molar-refractivity contribution in [2.45, 2.75) is 32.2 Å². The molecule has 0 bridgehead atoms. The summed E-state index contributed by atoms with van der Waals surface area (Å²) < 4.78 is 5.16. The van der Waals surface area contributed by atoms with Crippen LogP contribution in [-0.4, -0.2) is 11.1 Å². The summed E-state index contributed by atoms with van der Waals surface area (Å²) in [4.78, 5) is 5.25. The molecule has 0 aliphatic carbocycles. The van der Waals surface area contributed by atoms with Crippen LogP contribution in [0.3, 0.4) is 0 Å². The second kappa shape index (κ2) is 8.31. The first-order valence-corrected chi connectivity index (χ1v) is 12.6. The first kappa shape index (κ1) is 20.3. The maximum absolute atomic E-state index is 2.64. The van der Waals surface area contributed by atoms with Gasteiger partial charge in [-0.1, -0.05) is 84.9 Å². The molecule has 1 unspecified atom stereocenters. The zero-order chi connectivity index (χ0) is 23.2. The van der Waals surface area contributed by atoms with Gasteiger partial charge in [-0.25, -0.2) is 9.13 Å². The summed E-state index contributed by atoms with van der Waals surface area (Å²) in [6.07, 6.45) is 1.27. The molecule has 0 N–H and O–H groups in total. The molecule has 0 fully saturated rings. The minimum atomic E-state index is 0.145. The molecule has 4 heteroatoms. The molecule has 1 atom stereocenters. The summed E-state index contributed by atoms with van der Waals surface area (Å²) in [6, 6.07) is 39.6. The molecule has 0 saturated heterocycles. The topological polar surface area (TPSA) is 15.3 Å². The summed E-state index contributed by atoms with van der Waals surface area (Å²) >= 11 is 0. The highest BCUT2D eigenvalue weighted by atomic mass is 15.5. The normalized spacial score (nSPS) is 16.6. The highest BCUT2D eigenvalue weighted by molar-refractivity contribution is 5.79. The number of para-hydroxylation sites is 4. The molecular weight excluding hydrogens is 428 g/mol. The fourth-order valence-corrected chi connectivity index (χ4v) is 6.01. The zero-order valence-corrected chi connectivity index (χ0v) is 19.8. The second-order valence-electron chi connectivity index (χ2n) is 9.59. The number of aromatic nitrogens is 2. The molecule has 4 aromatic carbocycles. The number of anilines is 2. The lowest BCUT2D eigenvalue weighted by Gasteiger charge is -2.29. The van der Waals surface area contributed by atoms with E-state index < -0.39 is 0 Å². The van der Waals surface area contributed by atoms with Crippen LogP contribution in [0.15, 0.2) is 109 Å². The van der Waals surface area contributed by atoms with Crippen molar-refractivity contribution in [3.8, 4) is 0 Å². The molecule has 2 aliphatic rings. The monoisotopic (exact) mass is 457 g/mol. The third-order valence-corrected chi connectivity index (χ3v) is 7.50. The van der Waals surface area contributed by atoms with Gasteiger partial charge in [-0.3, -0.25) is 0 Å². The smallest absolute Gasteiger partial charge is 0.302 e. The second-order valence-corrected chi connectivity index (χ2v) is 9.59. The van der Waals surface area contributed by atoms with Crippen LogP contribution >= 0.6 is 0 Å². The molecule has 2 aliphatic heterocycles. The minimum absolute atomic E-state index is 0.145. The van der Waals surface area contributed by atoms with Gasteiger partial charge in [0, 0.05) is 19.5 Å². The van der Waals surface area contributed by atoms with Gasteiger partial charge in [0.2, 0.25) is 6.17 Å². The Morgan fingerprint density at radius 2 is 1.29 bits per heavy atom. The standard InChI is InChI=1S/C31H29N4/c1-3-12-24(13-4-1)22-34-28-18-9-7-16-26(28)32-20-11-21-33-27-17-8-10-19-29(27)35(31(33)30(32)34)23-25-14-5-2-6-15-25/h1-10,12-19,30H,11,20-23H2/q+1. The van der Waals surface area contributed by atoms with Crippen molar-refractivity contribution in [2.24, 2.45) is 0 Å². The van der Waals surface area contributed by atoms with E-state index in [0.29, 0.717) is 0 Å². The molecule has 172 valence electrons. The van der Waals surface area contributed by atoms with Crippen LogP contribution in [0.5, 0.6) is 0 Å². The Balaban J connectivity index is 1.45. The molecule has 5 aromatic rings. The fourth-order valence-electron chi connectivity index (χ4n) is 6.01. The van der Waals surface area contributed by atoms with Gasteiger partial charge in [-0.05, 0) is 35.4 Å². The Morgan fingerprint density at radius 1 is 0.657 bits per heavy atom. The molecule has 7 rings (SSSR count). The maximum atomic E-state index is 2.64. The van der Waals surface area contributed by atoms with Gasteiger partial charge in [0.15, 0.2) is 11.0 Å². The van der Waals surface area contributed by atoms with Crippen LogP contribution in [0.25, 0.3) is 11.0 Å². The predicted molar refractivity (Wildman–Crippen MR) is 141 cm³/mol. The Kier molecular flexibility index (Phi) is 4.83. The van der Waals surface area contributed by atoms with E-state index in [1.165, 1.54) is 39.4 Å². The lowest BCUT2D eigenvalue weighted by Crippen LogP contribution is -2.44. The Morgan fingerprint density at radius 3 is 2.06 bits per heavy atom. The summed E-state index contributed by atoms with van der Waals surface area (Å²) in [5.74, 6) is 1.37. The Labute approximate surface area is 206 Å². The number of benzene rings is 4. The van der Waals surface area contributed by atoms with Crippen molar-refractivity contribution in [3.05, 3.63) is 126 Å². The first-order valence-electron chi connectivity index (χ1n) is 12.6. The average molecular weight is 458 g/mol. The van der Waals surface area contributed by atoms with Gasteiger partial charge in [0.1, 0.15) is 6.54 Å². The van der Waals surface area contributed by atoms with Crippen molar-refractivity contribution in [1.82, 2.24) is 4.57 Å². The number of nitrogens with zero attached hydrogens (tertiary/aromatic N) is 4. The van der Waals surface area contributed by atoms with Crippen LogP contribution < -0.4 is 14.4 Å². The van der Waals surface area contributed by atoms with Gasteiger partial charge in [-0.15, -0.1) is 0 Å². The SMILES string of the molecule is c1ccc(CN2c3ccccc3N3CCC[n+]4c(n(Cc5ccccc5)c5ccccc54)C32)cc1. The van der Waals surface area contributed by atoms with Crippen molar-refractivity contribution in [2.75, 3.05) is 16.3 Å². The predicted octanol–water partition coefficient (Wildman–Crippen LogP) is 5.91. The van der Waals surface area contributed by atoms with Gasteiger partial charge >= 0.3 is 5.82 Å². The van der Waals surface area contributed by atoms with Crippen LogP contribution in [0.4, 0.5) is 11.4 Å². The van der Waals surface area contributed by atoms with Crippen molar-refractivity contribution in [3.63, 3.8) is 0 Å². The number of aryl methyl sites for hydroxylation is 1. The molecule has 3 heterocycles. The summed E-state index contributed by atoms with van der Waals surface area (Å²) in [5.41, 5.74) is 7.98. The number of rotatable bonds is 4. The Bertz CT molecular complexity index is 1490. The summed E-state index contributed by atoms with van der Waals surface area (Å²) in [7, 11) is 0. The third-order valence-electron chi connectivity index (χ3n) is 7.50. The largest absolute Gasteiger partial charge is 0.339 e. The molecule has 0 saturated carbocycles. The summed E-state index contributed by atoms with van der Waals surface area (Å²) in [5, 5.41) is 0. The van der Waals surface area contributed by atoms with Crippen LogP contribution in [-0.2, 0) is 19.6 Å². The highest BCUT2D eigenvalue weighted by Crippen LogP contribution is 2.47. The van der Waals surface area contributed by atoms with Crippen molar-refractivity contribution < 1.29 is 4.57 Å². The van der Waals surface area contributed by atoms with E-state index in [1.54, 1.807) is 0 Å². The lowest BCUT2D eigenvalue weighted by molar-refractivity contribution is -0.679. The number of imidazole rings is 1. The molecular formula is C31H29N4+. The Hall–Kier alpha value is -4.05. The van der Waals surface area contributed by atoms with Gasteiger partial charge in [0.25, 0.3) is 0 Å². The molecule has 0 amide bonds. The van der Waals surface area contributed by atoms with Crippen LogP contribution in [0, 0.1) is 0 Å². The van der Waals surface area contributed by atoms with Crippen molar-refractivity contribution >= 4 is 22.4 Å². The zero-order valence-electron chi connectivity index (χ0n) is 19.8.